The van der Waals surface area contributed by atoms with Crippen LogP contribution in [0.5, 0.6) is 11.5 Å². The number of ether oxygens (including phenoxy) is 1. The molecule has 2 aromatic heterocycles. The Morgan fingerprint density at radius 1 is 0.778 bits per heavy atom. The second kappa shape index (κ2) is 11.4. The Kier molecular flexibility index (Phi) is 8.80. The monoisotopic (exact) mass is 560 g/mol. The summed E-state index contributed by atoms with van der Waals surface area (Å²) in [5.41, 5.74) is 15.0. The van der Waals surface area contributed by atoms with Gasteiger partial charge in [-0.15, -0.1) is 17.0 Å². The summed E-state index contributed by atoms with van der Waals surface area (Å²) in [5, 5.41) is 27.4. The molecule has 0 aliphatic heterocycles. The van der Waals surface area contributed by atoms with E-state index in [1.165, 1.54) is 25.3 Å². The lowest BCUT2D eigenvalue weighted by atomic mass is 10.1. The molecule has 0 bridgehead atoms. The summed E-state index contributed by atoms with van der Waals surface area (Å²) in [6.45, 7) is 3.71. The number of phenolic OH excluding ortho intramolecular Hbond substituents is 1. The van der Waals surface area contributed by atoms with Gasteiger partial charge in [0.2, 0.25) is 11.5 Å². The summed E-state index contributed by atoms with van der Waals surface area (Å²) < 4.78 is 15.6. The number of nitrogen functional groups attached to an aromatic ring is 2. The van der Waals surface area contributed by atoms with E-state index in [1.807, 2.05) is 19.9 Å². The molecule has 11 heteroatoms. The highest BCUT2D eigenvalue weighted by molar-refractivity contribution is 8.93. The molecule has 0 spiro atoms. The minimum Gasteiger partial charge on any atom is -0.505 e. The Balaban J connectivity index is 0.000000247. The quantitative estimate of drug-likeness (QED) is 0.157. The number of carboxylic acid groups (broad SMARTS) is 2. The van der Waals surface area contributed by atoms with Crippen molar-refractivity contribution in [1.29, 1.82) is 0 Å². The van der Waals surface area contributed by atoms with E-state index < -0.39 is 11.9 Å². The van der Waals surface area contributed by atoms with Gasteiger partial charge in [0.05, 0.1) is 29.6 Å². The Morgan fingerprint density at radius 3 is 1.67 bits per heavy atom. The molecule has 2 aromatic carbocycles. The number of carboxylic acids is 2. The van der Waals surface area contributed by atoms with E-state index in [9.17, 15) is 14.7 Å². The lowest BCUT2D eigenvalue weighted by molar-refractivity contribution is 0.0653. The zero-order chi connectivity index (χ0) is 25.9. The number of aromatic carboxylic acids is 2. The molecular weight excluding hydrogens is 536 g/mol. The first-order chi connectivity index (χ1) is 16.5. The number of rotatable bonds is 5. The molecule has 0 aliphatic carbocycles. The Morgan fingerprint density at radius 2 is 1.22 bits per heavy atom. The number of hydrogen-bond acceptors (Lipinski definition) is 8. The van der Waals surface area contributed by atoms with Crippen molar-refractivity contribution in [2.45, 2.75) is 13.8 Å². The van der Waals surface area contributed by atoms with Crippen LogP contribution in [0.4, 0.5) is 11.4 Å². The van der Waals surface area contributed by atoms with Gasteiger partial charge in [0, 0.05) is 0 Å². The third-order valence-electron chi connectivity index (χ3n) is 4.91. The van der Waals surface area contributed by atoms with Gasteiger partial charge in [0.1, 0.15) is 17.3 Å². The number of aryl methyl sites for hydroxylation is 2. The minimum absolute atomic E-state index is 0. The van der Waals surface area contributed by atoms with Crippen LogP contribution in [-0.4, -0.2) is 34.4 Å². The topological polar surface area (TPSA) is 182 Å². The van der Waals surface area contributed by atoms with E-state index in [-0.39, 0.29) is 45.7 Å². The van der Waals surface area contributed by atoms with Gasteiger partial charge < -0.3 is 40.4 Å². The van der Waals surface area contributed by atoms with Crippen molar-refractivity contribution in [3.05, 3.63) is 71.2 Å². The van der Waals surface area contributed by atoms with Crippen LogP contribution >= 0.6 is 17.0 Å². The highest BCUT2D eigenvalue weighted by Crippen LogP contribution is 2.37. The van der Waals surface area contributed by atoms with E-state index >= 15 is 0 Å². The van der Waals surface area contributed by atoms with Crippen LogP contribution in [0.3, 0.4) is 0 Å². The molecule has 2 heterocycles. The van der Waals surface area contributed by atoms with E-state index in [1.54, 1.807) is 24.3 Å². The van der Waals surface area contributed by atoms with Gasteiger partial charge in [-0.1, -0.05) is 0 Å². The fourth-order valence-electron chi connectivity index (χ4n) is 3.40. The normalized spacial score (nSPS) is 10.1. The summed E-state index contributed by atoms with van der Waals surface area (Å²) in [5.74, 6) is -1.51. The number of furan rings is 2. The van der Waals surface area contributed by atoms with Gasteiger partial charge in [0.15, 0.2) is 5.75 Å². The predicted octanol–water partition coefficient (Wildman–Crippen LogP) is 5.36. The van der Waals surface area contributed by atoms with Crippen LogP contribution in [0.2, 0.25) is 0 Å². The first-order valence-corrected chi connectivity index (χ1v) is 10.2. The van der Waals surface area contributed by atoms with Crippen molar-refractivity contribution in [2.75, 3.05) is 18.6 Å². The average Bonchev–Trinajstić information content (AvgIpc) is 3.46. The number of phenols is 1. The summed E-state index contributed by atoms with van der Waals surface area (Å²) >= 11 is 0. The van der Waals surface area contributed by atoms with Gasteiger partial charge in [-0.3, -0.25) is 0 Å². The zero-order valence-electron chi connectivity index (χ0n) is 19.6. The number of methoxy groups -OCH3 is 1. The van der Waals surface area contributed by atoms with E-state index in [0.717, 1.165) is 11.1 Å². The van der Waals surface area contributed by atoms with Crippen LogP contribution in [-0.2, 0) is 0 Å². The van der Waals surface area contributed by atoms with Gasteiger partial charge in [0.25, 0.3) is 0 Å². The molecule has 4 aromatic rings. The smallest absolute Gasteiger partial charge is 0.371 e. The second-order valence-electron chi connectivity index (χ2n) is 7.62. The number of hydrogen-bond donors (Lipinski definition) is 5. The lowest BCUT2D eigenvalue weighted by Gasteiger charge is -2.10. The molecule has 0 saturated carbocycles. The van der Waals surface area contributed by atoms with E-state index in [2.05, 4.69) is 0 Å². The van der Waals surface area contributed by atoms with Crippen molar-refractivity contribution < 1.29 is 38.5 Å². The van der Waals surface area contributed by atoms with E-state index in [0.29, 0.717) is 28.3 Å². The molecule has 0 amide bonds. The lowest BCUT2D eigenvalue weighted by Crippen LogP contribution is -1.96. The van der Waals surface area contributed by atoms with Crippen molar-refractivity contribution in [3.63, 3.8) is 0 Å². The third kappa shape index (κ3) is 5.99. The number of aromatic hydroxyl groups is 1. The highest BCUT2D eigenvalue weighted by Gasteiger charge is 2.17. The largest absolute Gasteiger partial charge is 0.505 e. The van der Waals surface area contributed by atoms with Crippen molar-refractivity contribution in [2.24, 2.45) is 0 Å². The molecule has 36 heavy (non-hydrogen) atoms. The SMILES string of the molecule is Br.COc1c(N)cc(C)cc1-c1ccc(C(=O)O)o1.Cc1cc(N)c(O)c(-c2ccc(C(=O)O)o2)c1. The number of halogens is 1. The van der Waals surface area contributed by atoms with Gasteiger partial charge >= 0.3 is 11.9 Å². The highest BCUT2D eigenvalue weighted by atomic mass is 79.9. The molecule has 0 fully saturated rings. The van der Waals surface area contributed by atoms with Crippen LogP contribution in [0.15, 0.2) is 57.4 Å². The van der Waals surface area contributed by atoms with Crippen LogP contribution in [0.25, 0.3) is 22.6 Å². The molecule has 190 valence electrons. The van der Waals surface area contributed by atoms with Crippen LogP contribution in [0.1, 0.15) is 32.2 Å². The van der Waals surface area contributed by atoms with Crippen molar-refractivity contribution in [3.8, 4) is 34.1 Å². The Labute approximate surface area is 216 Å². The van der Waals surface area contributed by atoms with Gasteiger partial charge in [-0.25, -0.2) is 9.59 Å². The van der Waals surface area contributed by atoms with E-state index in [4.69, 9.17) is 35.3 Å². The molecule has 7 N–H and O–H groups in total. The summed E-state index contributed by atoms with van der Waals surface area (Å²) in [7, 11) is 1.51. The molecule has 10 nitrogen and oxygen atoms in total. The second-order valence-corrected chi connectivity index (χ2v) is 7.62. The average molecular weight is 561 g/mol. The summed E-state index contributed by atoms with van der Waals surface area (Å²) in [6.07, 6.45) is 0. The maximum atomic E-state index is 10.8. The molecule has 0 unspecified atom stereocenters. The number of benzene rings is 2. The standard InChI is InChI=1S/C13H13NO4.C12H11NO4.BrH/c1-7-5-8(12(17-2)9(14)6-7)10-3-4-11(18-10)13(15)16;1-6-4-7(11(14)8(13)5-6)9-2-3-10(17-9)12(15)16;/h3-6H,14H2,1-2H3,(H,15,16);2-5,14H,13H2,1H3,(H,15,16);1H. The van der Waals surface area contributed by atoms with Crippen LogP contribution < -0.4 is 16.2 Å². The molecule has 0 saturated heterocycles. The minimum atomic E-state index is -1.16. The molecule has 0 aliphatic rings. The summed E-state index contributed by atoms with van der Waals surface area (Å²) in [4.78, 5) is 21.5. The van der Waals surface area contributed by atoms with Crippen molar-refractivity contribution in [1.82, 2.24) is 0 Å². The number of anilines is 2. The molecule has 0 radical (unpaired) electrons. The fraction of sp³-hybridized carbons (Fsp3) is 0.120. The fourth-order valence-corrected chi connectivity index (χ4v) is 3.40. The first-order valence-electron chi connectivity index (χ1n) is 10.2. The van der Waals surface area contributed by atoms with Gasteiger partial charge in [-0.05, 0) is 73.5 Å². The number of carbonyl (C=O) groups is 2. The summed E-state index contributed by atoms with van der Waals surface area (Å²) in [6, 6.07) is 12.7. The Hall–Kier alpha value is -4.38. The van der Waals surface area contributed by atoms with Crippen LogP contribution in [0, 0.1) is 13.8 Å². The van der Waals surface area contributed by atoms with Gasteiger partial charge in [-0.2, -0.15) is 0 Å². The maximum absolute atomic E-state index is 10.8. The Bertz CT molecular complexity index is 1410. The molecular formula is C25H25BrN2O8. The third-order valence-corrected chi connectivity index (χ3v) is 4.91. The van der Waals surface area contributed by atoms with Crippen molar-refractivity contribution >= 4 is 40.3 Å². The molecule has 0 atom stereocenters. The first kappa shape index (κ1) is 27.9. The maximum Gasteiger partial charge on any atom is 0.371 e. The predicted molar refractivity (Wildman–Crippen MR) is 139 cm³/mol. The zero-order valence-corrected chi connectivity index (χ0v) is 21.3. The molecule has 4 rings (SSSR count). The number of nitrogens with two attached hydrogens (primary N) is 2.